The Bertz CT molecular complexity index is 668. The number of benzene rings is 1. The summed E-state index contributed by atoms with van der Waals surface area (Å²) in [6.45, 7) is 8.78. The number of amides is 2. The molecule has 6 heteroatoms. The largest absolute Gasteiger partial charge is 0.486 e. The maximum absolute atomic E-state index is 13.0. The summed E-state index contributed by atoms with van der Waals surface area (Å²) in [5, 5.41) is 0. The van der Waals surface area contributed by atoms with E-state index in [1.807, 2.05) is 54.8 Å². The van der Waals surface area contributed by atoms with Gasteiger partial charge in [-0.15, -0.1) is 0 Å². The third kappa shape index (κ3) is 4.54. The summed E-state index contributed by atoms with van der Waals surface area (Å²) in [5.41, 5.74) is 0. The van der Waals surface area contributed by atoms with Crippen LogP contribution in [0.3, 0.4) is 0 Å². The summed E-state index contributed by atoms with van der Waals surface area (Å²) in [6.07, 6.45) is 1.31. The molecule has 1 saturated heterocycles. The highest BCUT2D eigenvalue weighted by atomic mass is 16.6. The number of likely N-dealkylation sites (N-methyl/N-ethyl adjacent to an activating group) is 1. The van der Waals surface area contributed by atoms with E-state index >= 15 is 0 Å². The van der Waals surface area contributed by atoms with E-state index in [0.717, 1.165) is 24.3 Å². The summed E-state index contributed by atoms with van der Waals surface area (Å²) in [5.74, 6) is 1.83. The maximum Gasteiger partial charge on any atom is 0.225 e. The van der Waals surface area contributed by atoms with Gasteiger partial charge < -0.3 is 19.3 Å². The lowest BCUT2D eigenvalue weighted by atomic mass is 9.94. The van der Waals surface area contributed by atoms with Crippen LogP contribution in [0.15, 0.2) is 24.3 Å². The Morgan fingerprint density at radius 2 is 1.85 bits per heavy atom. The van der Waals surface area contributed by atoms with Crippen molar-refractivity contribution < 1.29 is 19.1 Å². The van der Waals surface area contributed by atoms with Crippen molar-refractivity contribution in [3.63, 3.8) is 0 Å². The first-order valence-electron chi connectivity index (χ1n) is 9.95. The third-order valence-electron chi connectivity index (χ3n) is 5.33. The summed E-state index contributed by atoms with van der Waals surface area (Å²) < 4.78 is 11.8. The molecule has 1 aromatic carbocycles. The Morgan fingerprint density at radius 1 is 1.19 bits per heavy atom. The Morgan fingerprint density at radius 3 is 2.48 bits per heavy atom. The second-order valence-corrected chi connectivity index (χ2v) is 7.63. The van der Waals surface area contributed by atoms with Crippen LogP contribution in [0, 0.1) is 11.8 Å². The fourth-order valence-corrected chi connectivity index (χ4v) is 3.74. The van der Waals surface area contributed by atoms with E-state index in [1.54, 1.807) is 0 Å². The van der Waals surface area contributed by atoms with Crippen LogP contribution in [0.1, 0.15) is 33.6 Å². The average Bonchev–Trinajstić information content (AvgIpc) is 2.70. The minimum Gasteiger partial charge on any atom is -0.486 e. The molecule has 0 radical (unpaired) electrons. The number of fused-ring (bicyclic) bond motifs is 1. The Balaban J connectivity index is 1.54. The van der Waals surface area contributed by atoms with E-state index in [2.05, 4.69) is 0 Å². The first-order valence-corrected chi connectivity index (χ1v) is 9.95. The van der Waals surface area contributed by atoms with Gasteiger partial charge in [0, 0.05) is 31.5 Å². The van der Waals surface area contributed by atoms with Crippen LogP contribution in [-0.4, -0.2) is 60.5 Å². The molecule has 148 valence electrons. The van der Waals surface area contributed by atoms with Gasteiger partial charge in [0.2, 0.25) is 11.8 Å². The number of carbonyl (C=O) groups excluding carboxylic acids is 2. The van der Waals surface area contributed by atoms with Crippen molar-refractivity contribution in [1.82, 2.24) is 9.80 Å². The lowest BCUT2D eigenvalue weighted by Crippen LogP contribution is -2.48. The molecule has 0 spiro atoms. The molecule has 2 aliphatic rings. The van der Waals surface area contributed by atoms with Crippen molar-refractivity contribution in [2.45, 2.75) is 39.7 Å². The number of para-hydroxylation sites is 2. The predicted molar refractivity (Wildman–Crippen MR) is 103 cm³/mol. The zero-order valence-corrected chi connectivity index (χ0v) is 16.5. The number of ether oxygens (including phenoxy) is 2. The molecular weight excluding hydrogens is 344 g/mol. The van der Waals surface area contributed by atoms with Gasteiger partial charge in [-0.25, -0.2) is 0 Å². The Labute approximate surface area is 161 Å². The monoisotopic (exact) mass is 374 g/mol. The molecule has 2 aliphatic heterocycles. The van der Waals surface area contributed by atoms with E-state index in [9.17, 15) is 9.59 Å². The van der Waals surface area contributed by atoms with E-state index in [4.69, 9.17) is 9.47 Å². The lowest BCUT2D eigenvalue weighted by molar-refractivity contribution is -0.142. The molecule has 27 heavy (non-hydrogen) atoms. The summed E-state index contributed by atoms with van der Waals surface area (Å²) in [6, 6.07) is 7.61. The minimum atomic E-state index is -0.161. The molecule has 1 unspecified atom stereocenters. The molecule has 2 heterocycles. The van der Waals surface area contributed by atoms with Crippen LogP contribution in [0.25, 0.3) is 0 Å². The zero-order valence-electron chi connectivity index (χ0n) is 16.5. The normalized spacial score (nSPS) is 19.9. The van der Waals surface area contributed by atoms with Crippen LogP contribution in [0.2, 0.25) is 0 Å². The van der Waals surface area contributed by atoms with Gasteiger partial charge in [-0.1, -0.05) is 26.0 Å². The molecule has 2 amide bonds. The summed E-state index contributed by atoms with van der Waals surface area (Å²) >= 11 is 0. The fourth-order valence-electron chi connectivity index (χ4n) is 3.74. The average molecular weight is 374 g/mol. The van der Waals surface area contributed by atoms with Gasteiger partial charge in [-0.2, -0.15) is 0 Å². The van der Waals surface area contributed by atoms with Crippen molar-refractivity contribution in [2.75, 3.05) is 32.8 Å². The van der Waals surface area contributed by atoms with Crippen LogP contribution in [0.4, 0.5) is 0 Å². The van der Waals surface area contributed by atoms with E-state index in [-0.39, 0.29) is 29.8 Å². The highest BCUT2D eigenvalue weighted by molar-refractivity contribution is 5.81. The van der Waals surface area contributed by atoms with Gasteiger partial charge in [0.15, 0.2) is 17.6 Å². The number of piperidine rings is 1. The fraction of sp³-hybridized carbons (Fsp3) is 0.619. The smallest absolute Gasteiger partial charge is 0.225 e. The lowest BCUT2D eigenvalue weighted by Gasteiger charge is -2.36. The third-order valence-corrected chi connectivity index (χ3v) is 5.33. The Hall–Kier alpha value is -2.24. The molecular formula is C21H30N2O4. The number of hydrogen-bond acceptors (Lipinski definition) is 4. The minimum absolute atomic E-state index is 0.00993. The van der Waals surface area contributed by atoms with Gasteiger partial charge in [-0.05, 0) is 31.9 Å². The van der Waals surface area contributed by atoms with Gasteiger partial charge in [-0.3, -0.25) is 9.59 Å². The number of likely N-dealkylation sites (tertiary alicyclic amines) is 1. The van der Waals surface area contributed by atoms with Crippen LogP contribution in [-0.2, 0) is 9.59 Å². The molecule has 3 rings (SSSR count). The maximum atomic E-state index is 13.0. The first-order chi connectivity index (χ1) is 13.0. The molecule has 1 aromatic rings. The van der Waals surface area contributed by atoms with Gasteiger partial charge in [0.1, 0.15) is 6.61 Å². The van der Waals surface area contributed by atoms with Crippen molar-refractivity contribution in [1.29, 1.82) is 0 Å². The quantitative estimate of drug-likeness (QED) is 0.795. The van der Waals surface area contributed by atoms with Crippen molar-refractivity contribution in [3.8, 4) is 11.5 Å². The number of hydrogen-bond donors (Lipinski definition) is 0. The van der Waals surface area contributed by atoms with E-state index in [0.29, 0.717) is 32.8 Å². The topological polar surface area (TPSA) is 59.1 Å². The first kappa shape index (κ1) is 19.5. The van der Waals surface area contributed by atoms with Crippen molar-refractivity contribution in [3.05, 3.63) is 24.3 Å². The van der Waals surface area contributed by atoms with Crippen LogP contribution < -0.4 is 9.47 Å². The zero-order chi connectivity index (χ0) is 19.4. The van der Waals surface area contributed by atoms with E-state index in [1.165, 1.54) is 0 Å². The molecule has 0 saturated carbocycles. The molecule has 0 bridgehead atoms. The van der Waals surface area contributed by atoms with Crippen molar-refractivity contribution >= 4 is 11.8 Å². The van der Waals surface area contributed by atoms with E-state index < -0.39 is 0 Å². The molecule has 1 atom stereocenters. The number of carbonyl (C=O) groups is 2. The molecule has 1 fully saturated rings. The summed E-state index contributed by atoms with van der Waals surface area (Å²) in [4.78, 5) is 28.9. The van der Waals surface area contributed by atoms with Crippen LogP contribution >= 0.6 is 0 Å². The molecule has 6 nitrogen and oxygen atoms in total. The van der Waals surface area contributed by atoms with Gasteiger partial charge in [0.05, 0.1) is 6.54 Å². The standard InChI is InChI=1S/C21H30N2O4/c1-4-22(13-17-14-26-18-7-5-6-8-19(18)27-17)21(25)16-9-11-23(12-10-16)20(24)15(2)3/h5-8,15-17H,4,9-14H2,1-3H3. The Kier molecular flexibility index (Phi) is 6.24. The molecule has 0 aliphatic carbocycles. The second kappa shape index (κ2) is 8.63. The molecule has 0 N–H and O–H groups in total. The van der Waals surface area contributed by atoms with Crippen LogP contribution in [0.5, 0.6) is 11.5 Å². The highest BCUT2D eigenvalue weighted by Crippen LogP contribution is 2.31. The predicted octanol–water partition coefficient (Wildman–Crippen LogP) is 2.57. The van der Waals surface area contributed by atoms with Gasteiger partial charge >= 0.3 is 0 Å². The SMILES string of the molecule is CCN(CC1COc2ccccc2O1)C(=O)C1CCN(C(=O)C(C)C)CC1. The van der Waals surface area contributed by atoms with Crippen molar-refractivity contribution in [2.24, 2.45) is 11.8 Å². The highest BCUT2D eigenvalue weighted by Gasteiger charge is 2.32. The number of rotatable bonds is 5. The number of nitrogens with zero attached hydrogens (tertiary/aromatic N) is 2. The summed E-state index contributed by atoms with van der Waals surface area (Å²) in [7, 11) is 0. The van der Waals surface area contributed by atoms with Gasteiger partial charge in [0.25, 0.3) is 0 Å². The molecule has 0 aromatic heterocycles. The second-order valence-electron chi connectivity index (χ2n) is 7.63.